The lowest BCUT2D eigenvalue weighted by Gasteiger charge is -2.26. The second-order valence-electron chi connectivity index (χ2n) is 5.55. The fraction of sp³-hybridized carbons (Fsp3) is 0.533. The number of benzene rings is 1. The monoisotopic (exact) mass is 249 g/mol. The summed E-state index contributed by atoms with van der Waals surface area (Å²) in [5.41, 5.74) is 9.14. The SMILES string of the molecule is COC(=O)C(C)(C)CC(N)c1ccc(C)cc1C. The number of ether oxygens (including phenoxy) is 1. The number of hydrogen-bond donors (Lipinski definition) is 1. The lowest BCUT2D eigenvalue weighted by Crippen LogP contribution is -2.30. The molecule has 0 spiro atoms. The van der Waals surface area contributed by atoms with Crippen molar-refractivity contribution in [3.05, 3.63) is 34.9 Å². The third-order valence-corrected chi connectivity index (χ3v) is 3.29. The first-order chi connectivity index (χ1) is 8.27. The molecule has 0 aromatic heterocycles. The summed E-state index contributed by atoms with van der Waals surface area (Å²) in [6, 6.07) is 6.05. The van der Waals surface area contributed by atoms with Gasteiger partial charge in [0.1, 0.15) is 0 Å². The lowest BCUT2D eigenvalue weighted by molar-refractivity contribution is -0.151. The maximum absolute atomic E-state index is 11.7. The molecule has 3 nitrogen and oxygen atoms in total. The Bertz CT molecular complexity index is 438. The highest BCUT2D eigenvalue weighted by atomic mass is 16.5. The molecule has 0 aliphatic carbocycles. The molecule has 0 heterocycles. The van der Waals surface area contributed by atoms with Gasteiger partial charge < -0.3 is 10.5 Å². The molecule has 0 aliphatic rings. The number of esters is 1. The molecule has 0 amide bonds. The first-order valence-corrected chi connectivity index (χ1v) is 6.19. The van der Waals surface area contributed by atoms with Crippen molar-refractivity contribution in [2.75, 3.05) is 7.11 Å². The highest BCUT2D eigenvalue weighted by molar-refractivity contribution is 5.75. The molecule has 0 radical (unpaired) electrons. The van der Waals surface area contributed by atoms with Gasteiger partial charge >= 0.3 is 5.97 Å². The van der Waals surface area contributed by atoms with Gasteiger partial charge in [-0.3, -0.25) is 4.79 Å². The van der Waals surface area contributed by atoms with Crippen LogP contribution in [0.1, 0.15) is 43.0 Å². The standard InChI is InChI=1S/C15H23NO2/c1-10-6-7-12(11(2)8-10)13(16)9-15(3,4)14(17)18-5/h6-8,13H,9,16H2,1-5H3. The first-order valence-electron chi connectivity index (χ1n) is 6.19. The minimum Gasteiger partial charge on any atom is -0.469 e. The smallest absolute Gasteiger partial charge is 0.311 e. The van der Waals surface area contributed by atoms with Crippen molar-refractivity contribution >= 4 is 5.97 Å². The summed E-state index contributed by atoms with van der Waals surface area (Å²) in [7, 11) is 1.41. The second kappa shape index (κ2) is 5.53. The highest BCUT2D eigenvalue weighted by Crippen LogP contribution is 2.31. The van der Waals surface area contributed by atoms with Crippen LogP contribution in [0.2, 0.25) is 0 Å². The molecule has 0 aliphatic heterocycles. The molecule has 0 saturated heterocycles. The van der Waals surface area contributed by atoms with Crippen molar-refractivity contribution < 1.29 is 9.53 Å². The molecule has 3 heteroatoms. The summed E-state index contributed by atoms with van der Waals surface area (Å²) in [6.45, 7) is 7.83. The van der Waals surface area contributed by atoms with Gasteiger partial charge in [0.25, 0.3) is 0 Å². The number of nitrogens with two attached hydrogens (primary N) is 1. The molecule has 0 fully saturated rings. The van der Waals surface area contributed by atoms with E-state index in [1.165, 1.54) is 18.2 Å². The topological polar surface area (TPSA) is 52.3 Å². The van der Waals surface area contributed by atoms with Crippen LogP contribution in [0.15, 0.2) is 18.2 Å². The van der Waals surface area contributed by atoms with E-state index >= 15 is 0 Å². The third-order valence-electron chi connectivity index (χ3n) is 3.29. The Hall–Kier alpha value is -1.35. The van der Waals surface area contributed by atoms with Gasteiger partial charge in [-0.15, -0.1) is 0 Å². The lowest BCUT2D eigenvalue weighted by atomic mass is 9.83. The van der Waals surface area contributed by atoms with Crippen LogP contribution in [-0.4, -0.2) is 13.1 Å². The van der Waals surface area contributed by atoms with Gasteiger partial charge in [-0.2, -0.15) is 0 Å². The van der Waals surface area contributed by atoms with Crippen LogP contribution in [0.4, 0.5) is 0 Å². The molecule has 1 rings (SSSR count). The molecule has 2 N–H and O–H groups in total. The van der Waals surface area contributed by atoms with E-state index in [9.17, 15) is 4.79 Å². The number of rotatable bonds is 4. The minimum atomic E-state index is -0.564. The van der Waals surface area contributed by atoms with Crippen LogP contribution in [0.5, 0.6) is 0 Å². The van der Waals surface area contributed by atoms with Crippen molar-refractivity contribution in [3.63, 3.8) is 0 Å². The van der Waals surface area contributed by atoms with Gasteiger partial charge in [0, 0.05) is 6.04 Å². The Labute approximate surface area is 109 Å². The Morgan fingerprint density at radius 1 is 1.39 bits per heavy atom. The van der Waals surface area contributed by atoms with Crippen LogP contribution in [0.3, 0.4) is 0 Å². The molecule has 100 valence electrons. The predicted octanol–water partition coefficient (Wildman–Crippen LogP) is 2.89. The zero-order valence-corrected chi connectivity index (χ0v) is 11.9. The zero-order chi connectivity index (χ0) is 13.9. The van der Waals surface area contributed by atoms with Gasteiger partial charge in [-0.1, -0.05) is 23.8 Å². The fourth-order valence-corrected chi connectivity index (χ4v) is 2.26. The maximum Gasteiger partial charge on any atom is 0.311 e. The Morgan fingerprint density at radius 3 is 2.50 bits per heavy atom. The molecule has 1 unspecified atom stereocenters. The molecule has 1 aromatic carbocycles. The summed E-state index contributed by atoms with van der Waals surface area (Å²) in [5.74, 6) is -0.220. The molecule has 1 atom stereocenters. The van der Waals surface area contributed by atoms with E-state index < -0.39 is 5.41 Å². The average Bonchev–Trinajstić information content (AvgIpc) is 2.26. The van der Waals surface area contributed by atoms with Crippen LogP contribution in [0.25, 0.3) is 0 Å². The van der Waals surface area contributed by atoms with E-state index in [0.29, 0.717) is 6.42 Å². The van der Waals surface area contributed by atoms with Crippen LogP contribution in [0, 0.1) is 19.3 Å². The average molecular weight is 249 g/mol. The summed E-state index contributed by atoms with van der Waals surface area (Å²) in [4.78, 5) is 11.7. The number of carbonyl (C=O) groups excluding carboxylic acids is 1. The van der Waals surface area contributed by atoms with Crippen LogP contribution >= 0.6 is 0 Å². The Morgan fingerprint density at radius 2 is 2.00 bits per heavy atom. The van der Waals surface area contributed by atoms with Gasteiger partial charge in [0.05, 0.1) is 12.5 Å². The summed E-state index contributed by atoms with van der Waals surface area (Å²) in [6.07, 6.45) is 0.573. The van der Waals surface area contributed by atoms with Crippen molar-refractivity contribution in [1.82, 2.24) is 0 Å². The van der Waals surface area contributed by atoms with E-state index in [0.717, 1.165) is 5.56 Å². The van der Waals surface area contributed by atoms with Gasteiger partial charge in [0.2, 0.25) is 0 Å². The third kappa shape index (κ3) is 3.33. The number of carbonyl (C=O) groups is 1. The maximum atomic E-state index is 11.7. The molecule has 0 saturated carbocycles. The summed E-state index contributed by atoms with van der Waals surface area (Å²) in [5, 5.41) is 0. The quantitative estimate of drug-likeness (QED) is 0.835. The van der Waals surface area contributed by atoms with E-state index in [-0.39, 0.29) is 12.0 Å². The van der Waals surface area contributed by atoms with Gasteiger partial charge in [0.15, 0.2) is 0 Å². The number of methoxy groups -OCH3 is 1. The second-order valence-corrected chi connectivity index (χ2v) is 5.55. The van der Waals surface area contributed by atoms with E-state index in [2.05, 4.69) is 13.0 Å². The van der Waals surface area contributed by atoms with Crippen molar-refractivity contribution in [3.8, 4) is 0 Å². The molecule has 1 aromatic rings. The summed E-state index contributed by atoms with van der Waals surface area (Å²) >= 11 is 0. The van der Waals surface area contributed by atoms with Gasteiger partial charge in [-0.25, -0.2) is 0 Å². The van der Waals surface area contributed by atoms with Crippen molar-refractivity contribution in [1.29, 1.82) is 0 Å². The molecular weight excluding hydrogens is 226 g/mol. The molecular formula is C15H23NO2. The number of aryl methyl sites for hydroxylation is 2. The van der Waals surface area contributed by atoms with Crippen LogP contribution < -0.4 is 5.73 Å². The minimum absolute atomic E-state index is 0.153. The van der Waals surface area contributed by atoms with E-state index in [4.69, 9.17) is 10.5 Å². The van der Waals surface area contributed by atoms with E-state index in [1.807, 2.05) is 32.9 Å². The van der Waals surface area contributed by atoms with Crippen molar-refractivity contribution in [2.24, 2.45) is 11.1 Å². The van der Waals surface area contributed by atoms with Gasteiger partial charge in [-0.05, 0) is 45.2 Å². The zero-order valence-electron chi connectivity index (χ0n) is 11.9. The van der Waals surface area contributed by atoms with E-state index in [1.54, 1.807) is 0 Å². The van der Waals surface area contributed by atoms with Crippen molar-refractivity contribution in [2.45, 2.75) is 40.2 Å². The molecule has 0 bridgehead atoms. The molecule has 18 heavy (non-hydrogen) atoms. The number of hydrogen-bond acceptors (Lipinski definition) is 3. The Kier molecular flexibility index (Phi) is 4.52. The normalized spacial score (nSPS) is 13.2. The largest absolute Gasteiger partial charge is 0.469 e. The Balaban J connectivity index is 2.88. The highest BCUT2D eigenvalue weighted by Gasteiger charge is 2.31. The first kappa shape index (κ1) is 14.7. The van der Waals surface area contributed by atoms with Crippen LogP contribution in [-0.2, 0) is 9.53 Å². The predicted molar refractivity (Wildman–Crippen MR) is 73.3 cm³/mol. The summed E-state index contributed by atoms with van der Waals surface area (Å²) < 4.78 is 4.81. The fourth-order valence-electron chi connectivity index (χ4n) is 2.26.